The number of piperazine rings is 1. The fourth-order valence-electron chi connectivity index (χ4n) is 4.22. The molecule has 0 saturated carbocycles. The first-order chi connectivity index (χ1) is 13.1. The zero-order valence-corrected chi connectivity index (χ0v) is 16.1. The molecule has 4 nitrogen and oxygen atoms in total. The lowest BCUT2D eigenvalue weighted by Gasteiger charge is -2.44. The lowest BCUT2D eigenvalue weighted by atomic mass is 10.0. The van der Waals surface area contributed by atoms with Gasteiger partial charge >= 0.3 is 0 Å². The fourth-order valence-corrected chi connectivity index (χ4v) is 4.22. The van der Waals surface area contributed by atoms with Crippen LogP contribution in [0.25, 0.3) is 10.9 Å². The lowest BCUT2D eigenvalue weighted by Crippen LogP contribution is -2.57. The molecule has 27 heavy (non-hydrogen) atoms. The fraction of sp³-hybridized carbons (Fsp3) is 0.348. The van der Waals surface area contributed by atoms with Crippen LogP contribution in [-0.4, -0.2) is 45.9 Å². The third-order valence-corrected chi connectivity index (χ3v) is 5.68. The third-order valence-electron chi connectivity index (χ3n) is 5.68. The SMILES string of the molecule is CC1CN(C(=O)Cc2c[nH]c3ccccc23)CC(C)N1Cc1ccccc1. The molecule has 0 spiro atoms. The number of hydrogen-bond acceptors (Lipinski definition) is 2. The van der Waals surface area contributed by atoms with Gasteiger partial charge in [-0.1, -0.05) is 48.5 Å². The molecule has 0 radical (unpaired) electrons. The standard InChI is InChI=1S/C23H27N3O/c1-17-14-25(15-18(2)26(17)16-19-8-4-3-5-9-19)23(27)12-20-13-24-22-11-7-6-10-21(20)22/h3-11,13,17-18,24H,12,14-16H2,1-2H3. The van der Waals surface area contributed by atoms with E-state index in [0.717, 1.165) is 36.1 Å². The molecule has 140 valence electrons. The zero-order chi connectivity index (χ0) is 18.8. The van der Waals surface area contributed by atoms with Crippen LogP contribution in [0.4, 0.5) is 0 Å². The highest BCUT2D eigenvalue weighted by Gasteiger charge is 2.31. The Labute approximate surface area is 160 Å². The summed E-state index contributed by atoms with van der Waals surface area (Å²) < 4.78 is 0. The van der Waals surface area contributed by atoms with Crippen LogP contribution in [0.5, 0.6) is 0 Å². The Morgan fingerprint density at radius 1 is 1.00 bits per heavy atom. The van der Waals surface area contributed by atoms with E-state index in [9.17, 15) is 4.79 Å². The Morgan fingerprint density at radius 3 is 2.41 bits per heavy atom. The van der Waals surface area contributed by atoms with Crippen LogP contribution in [0.2, 0.25) is 0 Å². The number of H-pyrrole nitrogens is 1. The van der Waals surface area contributed by atoms with Crippen molar-refractivity contribution in [1.29, 1.82) is 0 Å². The average molecular weight is 361 g/mol. The molecule has 2 aromatic carbocycles. The number of carbonyl (C=O) groups excluding carboxylic acids is 1. The first-order valence-corrected chi connectivity index (χ1v) is 9.74. The minimum Gasteiger partial charge on any atom is -0.361 e. The molecule has 4 heteroatoms. The van der Waals surface area contributed by atoms with Crippen LogP contribution in [0, 0.1) is 0 Å². The minimum atomic E-state index is 0.220. The number of carbonyl (C=O) groups is 1. The number of para-hydroxylation sites is 1. The molecule has 0 bridgehead atoms. The van der Waals surface area contributed by atoms with Crippen molar-refractivity contribution >= 4 is 16.8 Å². The molecule has 1 fully saturated rings. The third kappa shape index (κ3) is 3.76. The molecule has 3 aromatic rings. The number of nitrogens with zero attached hydrogens (tertiary/aromatic N) is 2. The van der Waals surface area contributed by atoms with Crippen molar-refractivity contribution in [2.45, 2.75) is 38.9 Å². The van der Waals surface area contributed by atoms with Crippen LogP contribution in [0.3, 0.4) is 0 Å². The van der Waals surface area contributed by atoms with Crippen LogP contribution in [0.15, 0.2) is 60.8 Å². The number of rotatable bonds is 4. The lowest BCUT2D eigenvalue weighted by molar-refractivity contribution is -0.135. The number of amides is 1. The van der Waals surface area contributed by atoms with E-state index in [0.29, 0.717) is 18.5 Å². The molecule has 1 aromatic heterocycles. The summed E-state index contributed by atoms with van der Waals surface area (Å²) in [7, 11) is 0. The van der Waals surface area contributed by atoms with Crippen molar-refractivity contribution < 1.29 is 4.79 Å². The van der Waals surface area contributed by atoms with Crippen molar-refractivity contribution in [1.82, 2.24) is 14.8 Å². The summed E-state index contributed by atoms with van der Waals surface area (Å²) in [6.45, 7) is 6.97. The number of aromatic nitrogens is 1. The Morgan fingerprint density at radius 2 is 1.67 bits per heavy atom. The largest absolute Gasteiger partial charge is 0.361 e. The normalized spacial score (nSPS) is 20.9. The second-order valence-corrected chi connectivity index (χ2v) is 7.69. The van der Waals surface area contributed by atoms with Crippen molar-refractivity contribution in [2.24, 2.45) is 0 Å². The minimum absolute atomic E-state index is 0.220. The van der Waals surface area contributed by atoms with Crippen LogP contribution < -0.4 is 0 Å². The molecule has 1 amide bonds. The van der Waals surface area contributed by atoms with Gasteiger partial charge < -0.3 is 9.88 Å². The number of aromatic amines is 1. The summed E-state index contributed by atoms with van der Waals surface area (Å²) in [5.74, 6) is 0.220. The highest BCUT2D eigenvalue weighted by atomic mass is 16.2. The van der Waals surface area contributed by atoms with E-state index in [1.807, 2.05) is 23.2 Å². The van der Waals surface area contributed by atoms with E-state index >= 15 is 0 Å². The van der Waals surface area contributed by atoms with Crippen molar-refractivity contribution in [3.05, 3.63) is 71.9 Å². The summed E-state index contributed by atoms with van der Waals surface area (Å²) in [6, 6.07) is 19.4. The van der Waals surface area contributed by atoms with Crippen molar-refractivity contribution in [3.8, 4) is 0 Å². The van der Waals surface area contributed by atoms with Gasteiger partial charge in [0.15, 0.2) is 0 Å². The van der Waals surface area contributed by atoms with Crippen molar-refractivity contribution in [2.75, 3.05) is 13.1 Å². The Hall–Kier alpha value is -2.59. The molecule has 1 saturated heterocycles. The molecule has 2 heterocycles. The van der Waals surface area contributed by atoms with E-state index in [2.05, 4.69) is 66.2 Å². The molecule has 1 aliphatic rings. The van der Waals surface area contributed by atoms with Gasteiger partial charge in [-0.05, 0) is 31.0 Å². The van der Waals surface area contributed by atoms with Gasteiger partial charge in [0.2, 0.25) is 5.91 Å². The van der Waals surface area contributed by atoms with E-state index < -0.39 is 0 Å². The quantitative estimate of drug-likeness (QED) is 0.767. The zero-order valence-electron chi connectivity index (χ0n) is 16.1. The number of nitrogens with one attached hydrogen (secondary N) is 1. The predicted octanol–water partition coefficient (Wildman–Crippen LogP) is 3.83. The Bertz CT molecular complexity index is 906. The molecular formula is C23H27N3O. The van der Waals surface area contributed by atoms with Gasteiger partial charge in [0.05, 0.1) is 6.42 Å². The van der Waals surface area contributed by atoms with E-state index in [-0.39, 0.29) is 5.91 Å². The summed E-state index contributed by atoms with van der Waals surface area (Å²) in [5.41, 5.74) is 3.51. The van der Waals surface area contributed by atoms with Gasteiger partial charge in [0.1, 0.15) is 0 Å². The summed E-state index contributed by atoms with van der Waals surface area (Å²) >= 11 is 0. The van der Waals surface area contributed by atoms with Crippen LogP contribution in [0.1, 0.15) is 25.0 Å². The number of benzene rings is 2. The van der Waals surface area contributed by atoms with Gasteiger partial charge in [0, 0.05) is 48.8 Å². The highest BCUT2D eigenvalue weighted by molar-refractivity contribution is 5.88. The smallest absolute Gasteiger partial charge is 0.227 e. The summed E-state index contributed by atoms with van der Waals surface area (Å²) in [6.07, 6.45) is 2.43. The molecule has 2 unspecified atom stereocenters. The monoisotopic (exact) mass is 361 g/mol. The number of hydrogen-bond donors (Lipinski definition) is 1. The van der Waals surface area contributed by atoms with E-state index in [4.69, 9.17) is 0 Å². The van der Waals surface area contributed by atoms with E-state index in [1.54, 1.807) is 0 Å². The maximum atomic E-state index is 13.0. The molecule has 1 aliphatic heterocycles. The van der Waals surface area contributed by atoms with Gasteiger partial charge in [-0.3, -0.25) is 9.69 Å². The summed E-state index contributed by atoms with van der Waals surface area (Å²) in [5, 5.41) is 1.15. The second kappa shape index (κ2) is 7.57. The van der Waals surface area contributed by atoms with Gasteiger partial charge in [-0.25, -0.2) is 0 Å². The molecule has 4 rings (SSSR count). The average Bonchev–Trinajstić information content (AvgIpc) is 3.08. The maximum Gasteiger partial charge on any atom is 0.227 e. The Balaban J connectivity index is 1.42. The molecule has 1 N–H and O–H groups in total. The Kier molecular flexibility index (Phi) is 4.99. The first-order valence-electron chi connectivity index (χ1n) is 9.74. The van der Waals surface area contributed by atoms with Gasteiger partial charge in [-0.15, -0.1) is 0 Å². The summed E-state index contributed by atoms with van der Waals surface area (Å²) in [4.78, 5) is 20.8. The molecular weight excluding hydrogens is 334 g/mol. The van der Waals surface area contributed by atoms with Crippen LogP contribution >= 0.6 is 0 Å². The van der Waals surface area contributed by atoms with E-state index in [1.165, 1.54) is 5.56 Å². The second-order valence-electron chi connectivity index (χ2n) is 7.69. The van der Waals surface area contributed by atoms with Crippen molar-refractivity contribution in [3.63, 3.8) is 0 Å². The van der Waals surface area contributed by atoms with Gasteiger partial charge in [0.25, 0.3) is 0 Å². The maximum absolute atomic E-state index is 13.0. The first kappa shape index (κ1) is 17.8. The van der Waals surface area contributed by atoms with Gasteiger partial charge in [-0.2, -0.15) is 0 Å². The number of fused-ring (bicyclic) bond motifs is 1. The predicted molar refractivity (Wildman–Crippen MR) is 109 cm³/mol. The molecule has 2 atom stereocenters. The topological polar surface area (TPSA) is 39.3 Å². The van der Waals surface area contributed by atoms with Crippen LogP contribution in [-0.2, 0) is 17.8 Å². The molecule has 0 aliphatic carbocycles. The highest BCUT2D eigenvalue weighted by Crippen LogP contribution is 2.22.